The average molecular weight is 477 g/mol. The van der Waals surface area contributed by atoms with Crippen LogP contribution < -0.4 is 18.9 Å². The maximum Gasteiger partial charge on any atom is 0.226 e. The van der Waals surface area contributed by atoms with Gasteiger partial charge in [0.1, 0.15) is 42.5 Å². The van der Waals surface area contributed by atoms with Crippen LogP contribution in [0.4, 0.5) is 0 Å². The molecule has 0 unspecified atom stereocenters. The smallest absolute Gasteiger partial charge is 0.226 e. The van der Waals surface area contributed by atoms with Crippen LogP contribution in [0.3, 0.4) is 0 Å². The van der Waals surface area contributed by atoms with Gasteiger partial charge in [0.15, 0.2) is 0 Å². The lowest BCUT2D eigenvalue weighted by atomic mass is 10.2. The molecule has 6 heteroatoms. The van der Waals surface area contributed by atoms with Crippen molar-refractivity contribution in [3.8, 4) is 34.8 Å². The molecule has 0 atom stereocenters. The minimum Gasteiger partial charge on any atom is -0.489 e. The van der Waals surface area contributed by atoms with Crippen LogP contribution in [0.5, 0.6) is 34.8 Å². The van der Waals surface area contributed by atoms with Gasteiger partial charge in [0.25, 0.3) is 0 Å². The molecule has 0 radical (unpaired) electrons. The zero-order valence-electron chi connectivity index (χ0n) is 19.5. The third-order valence-electron chi connectivity index (χ3n) is 5.21. The zero-order valence-corrected chi connectivity index (χ0v) is 19.5. The first-order chi connectivity index (χ1) is 17.8. The van der Waals surface area contributed by atoms with Gasteiger partial charge < -0.3 is 18.9 Å². The summed E-state index contributed by atoms with van der Waals surface area (Å²) in [6.45, 7) is 1.02. The lowest BCUT2D eigenvalue weighted by Gasteiger charge is -2.10. The number of ether oxygens (including phenoxy) is 4. The summed E-state index contributed by atoms with van der Waals surface area (Å²) in [4.78, 5) is 8.35. The van der Waals surface area contributed by atoms with Crippen LogP contribution in [0.25, 0.3) is 0 Å². The van der Waals surface area contributed by atoms with Gasteiger partial charge in [-0.2, -0.15) is 0 Å². The molecule has 0 amide bonds. The fourth-order valence-electron chi connectivity index (χ4n) is 3.37. The van der Waals surface area contributed by atoms with Crippen LogP contribution in [0.1, 0.15) is 11.1 Å². The molecule has 0 saturated heterocycles. The molecule has 0 aliphatic carbocycles. The molecule has 1 aromatic heterocycles. The Hall–Kier alpha value is -4.84. The predicted molar refractivity (Wildman–Crippen MR) is 137 cm³/mol. The van der Waals surface area contributed by atoms with Crippen LogP contribution >= 0.6 is 0 Å². The van der Waals surface area contributed by atoms with E-state index >= 15 is 0 Å². The summed E-state index contributed by atoms with van der Waals surface area (Å²) in [6.07, 6.45) is 1.40. The Labute approximate surface area is 209 Å². The molecule has 1 heterocycles. The van der Waals surface area contributed by atoms with Crippen LogP contribution in [0, 0.1) is 0 Å². The van der Waals surface area contributed by atoms with Crippen molar-refractivity contribution in [3.05, 3.63) is 133 Å². The van der Waals surface area contributed by atoms with Gasteiger partial charge in [0.2, 0.25) is 11.8 Å². The van der Waals surface area contributed by atoms with E-state index in [0.717, 1.165) is 22.6 Å². The second kappa shape index (κ2) is 11.5. The van der Waals surface area contributed by atoms with Gasteiger partial charge in [-0.25, -0.2) is 9.97 Å². The zero-order chi connectivity index (χ0) is 24.4. The van der Waals surface area contributed by atoms with Crippen LogP contribution in [-0.4, -0.2) is 9.97 Å². The van der Waals surface area contributed by atoms with Crippen molar-refractivity contribution in [1.82, 2.24) is 9.97 Å². The molecule has 4 aromatic carbocycles. The van der Waals surface area contributed by atoms with Gasteiger partial charge in [-0.3, -0.25) is 0 Å². The van der Waals surface area contributed by atoms with Gasteiger partial charge in [-0.1, -0.05) is 60.7 Å². The lowest BCUT2D eigenvalue weighted by molar-refractivity contribution is 0.305. The summed E-state index contributed by atoms with van der Waals surface area (Å²) in [5, 5.41) is 0. The highest BCUT2D eigenvalue weighted by molar-refractivity contribution is 5.36. The Morgan fingerprint density at radius 2 is 0.833 bits per heavy atom. The first kappa shape index (κ1) is 22.9. The Balaban J connectivity index is 1.14. The third-order valence-corrected chi connectivity index (χ3v) is 5.21. The monoisotopic (exact) mass is 476 g/mol. The summed E-state index contributed by atoms with van der Waals surface area (Å²) < 4.78 is 23.4. The topological polar surface area (TPSA) is 62.7 Å². The summed E-state index contributed by atoms with van der Waals surface area (Å²) in [5.74, 6) is 3.53. The van der Waals surface area contributed by atoms with Crippen molar-refractivity contribution in [3.63, 3.8) is 0 Å². The van der Waals surface area contributed by atoms with Gasteiger partial charge in [-0.15, -0.1) is 0 Å². The van der Waals surface area contributed by atoms with Crippen molar-refractivity contribution in [2.45, 2.75) is 13.2 Å². The maximum absolute atomic E-state index is 5.86. The molecule has 0 spiro atoms. The fourth-order valence-corrected chi connectivity index (χ4v) is 3.37. The van der Waals surface area contributed by atoms with E-state index in [4.69, 9.17) is 18.9 Å². The summed E-state index contributed by atoms with van der Waals surface area (Å²) >= 11 is 0. The first-order valence-electron chi connectivity index (χ1n) is 11.5. The summed E-state index contributed by atoms with van der Waals surface area (Å²) in [5.41, 5.74) is 2.22. The molecule has 5 rings (SSSR count). The number of aromatic nitrogens is 2. The molecule has 0 saturated carbocycles. The van der Waals surface area contributed by atoms with E-state index in [-0.39, 0.29) is 0 Å². The lowest BCUT2D eigenvalue weighted by Crippen LogP contribution is -1.96. The molecular weight excluding hydrogens is 452 g/mol. The second-order valence-electron chi connectivity index (χ2n) is 7.89. The molecule has 0 fully saturated rings. The van der Waals surface area contributed by atoms with Crippen LogP contribution in [0.15, 0.2) is 122 Å². The minimum atomic E-state index is 0.376. The minimum absolute atomic E-state index is 0.376. The van der Waals surface area contributed by atoms with E-state index in [0.29, 0.717) is 36.5 Å². The van der Waals surface area contributed by atoms with Crippen LogP contribution in [0.2, 0.25) is 0 Å². The Morgan fingerprint density at radius 1 is 0.444 bits per heavy atom. The second-order valence-corrected chi connectivity index (χ2v) is 7.89. The van der Waals surface area contributed by atoms with E-state index in [1.54, 1.807) is 6.07 Å². The summed E-state index contributed by atoms with van der Waals surface area (Å²) in [7, 11) is 0. The van der Waals surface area contributed by atoms with Gasteiger partial charge >= 0.3 is 0 Å². The van der Waals surface area contributed by atoms with Gasteiger partial charge in [0, 0.05) is 0 Å². The molecule has 0 aliphatic rings. The van der Waals surface area contributed by atoms with E-state index in [1.807, 2.05) is 109 Å². The van der Waals surface area contributed by atoms with Crippen molar-refractivity contribution >= 4 is 0 Å². The molecule has 178 valence electrons. The molecule has 0 N–H and O–H groups in total. The fraction of sp³-hybridized carbons (Fsp3) is 0.0667. The number of rotatable bonds is 10. The van der Waals surface area contributed by atoms with Crippen LogP contribution in [-0.2, 0) is 13.2 Å². The number of benzene rings is 4. The quantitative estimate of drug-likeness (QED) is 0.212. The standard InChI is InChI=1S/C30H24N2O4/c1-3-7-23(8-4-1)20-33-25-11-15-27(16-12-25)35-29-19-30(32-22-31-29)36-28-17-13-26(14-18-28)34-21-24-9-5-2-6-10-24/h1-19,22H,20-21H2. The number of hydrogen-bond acceptors (Lipinski definition) is 6. The highest BCUT2D eigenvalue weighted by atomic mass is 16.5. The maximum atomic E-state index is 5.86. The van der Waals surface area contributed by atoms with Crippen molar-refractivity contribution in [2.75, 3.05) is 0 Å². The van der Waals surface area contributed by atoms with Crippen molar-refractivity contribution in [2.24, 2.45) is 0 Å². The van der Waals surface area contributed by atoms with Crippen molar-refractivity contribution in [1.29, 1.82) is 0 Å². The van der Waals surface area contributed by atoms with E-state index in [2.05, 4.69) is 9.97 Å². The van der Waals surface area contributed by atoms with Gasteiger partial charge in [-0.05, 0) is 59.7 Å². The van der Waals surface area contributed by atoms with Gasteiger partial charge in [0.05, 0.1) is 6.07 Å². The Morgan fingerprint density at radius 3 is 1.25 bits per heavy atom. The largest absolute Gasteiger partial charge is 0.489 e. The Bertz CT molecular complexity index is 1260. The molecule has 0 aliphatic heterocycles. The van der Waals surface area contributed by atoms with E-state index in [1.165, 1.54) is 6.33 Å². The SMILES string of the molecule is c1ccc(COc2ccc(Oc3cc(Oc4ccc(OCc5ccccc5)cc4)ncn3)cc2)cc1. The molecule has 6 nitrogen and oxygen atoms in total. The Kier molecular flexibility index (Phi) is 7.34. The average Bonchev–Trinajstić information content (AvgIpc) is 2.94. The predicted octanol–water partition coefficient (Wildman–Crippen LogP) is 7.22. The molecule has 5 aromatic rings. The first-order valence-corrected chi connectivity index (χ1v) is 11.5. The number of nitrogens with zero attached hydrogens (tertiary/aromatic N) is 2. The highest BCUT2D eigenvalue weighted by Crippen LogP contribution is 2.27. The third kappa shape index (κ3) is 6.61. The number of hydrogen-bond donors (Lipinski definition) is 0. The molecule has 0 bridgehead atoms. The van der Waals surface area contributed by atoms with E-state index < -0.39 is 0 Å². The highest BCUT2D eigenvalue weighted by Gasteiger charge is 2.06. The van der Waals surface area contributed by atoms with Crippen molar-refractivity contribution < 1.29 is 18.9 Å². The molecule has 36 heavy (non-hydrogen) atoms. The van der Waals surface area contributed by atoms with E-state index in [9.17, 15) is 0 Å². The summed E-state index contributed by atoms with van der Waals surface area (Å²) in [6, 6.07) is 36.4. The molecular formula is C30H24N2O4. The normalized spacial score (nSPS) is 10.4.